The van der Waals surface area contributed by atoms with Gasteiger partial charge in [0.15, 0.2) is 5.16 Å². The van der Waals surface area contributed by atoms with Gasteiger partial charge in [0, 0.05) is 16.5 Å². The number of aliphatic carboxylic acids is 1. The largest absolute Gasteiger partial charge is 0.477 e. The molecule has 0 radical (unpaired) electrons. The minimum Gasteiger partial charge on any atom is -0.477 e. The standard InChI is InChI=1S/C26H21N3O2S/c1-15-12-16(2)23-18(13-15)19(24(29-23)17-8-4-3-5-9-17)14-22(25(30)31)32-26-27-20-10-6-7-11-21(20)28-26/h3-14,29H,1-2H3,(H,27,28)(H,30,31)/b22-14-. The van der Waals surface area contributed by atoms with Crippen LogP contribution in [0.4, 0.5) is 0 Å². The molecule has 5 nitrogen and oxygen atoms in total. The number of imidazole rings is 1. The van der Waals surface area contributed by atoms with E-state index < -0.39 is 5.97 Å². The first kappa shape index (κ1) is 20.2. The molecule has 5 rings (SSSR count). The number of rotatable bonds is 5. The Bertz CT molecular complexity index is 1460. The van der Waals surface area contributed by atoms with Crippen LogP contribution in [0.15, 0.2) is 76.8 Å². The minimum atomic E-state index is -0.992. The highest BCUT2D eigenvalue weighted by atomic mass is 32.2. The zero-order chi connectivity index (χ0) is 22.2. The first-order valence-corrected chi connectivity index (χ1v) is 11.1. The molecule has 6 heteroatoms. The van der Waals surface area contributed by atoms with E-state index in [4.69, 9.17) is 0 Å². The van der Waals surface area contributed by atoms with Crippen molar-refractivity contribution in [1.82, 2.24) is 15.0 Å². The Kier molecular flexibility index (Phi) is 5.07. The number of nitrogens with zero attached hydrogens (tertiary/aromatic N) is 1. The summed E-state index contributed by atoms with van der Waals surface area (Å²) in [5.41, 5.74) is 7.72. The molecule has 0 fully saturated rings. The summed E-state index contributed by atoms with van der Waals surface area (Å²) in [6.45, 7) is 4.12. The van der Waals surface area contributed by atoms with E-state index in [1.807, 2.05) is 54.6 Å². The summed E-state index contributed by atoms with van der Waals surface area (Å²) < 4.78 is 0. The molecule has 3 aromatic carbocycles. The molecule has 2 aromatic heterocycles. The van der Waals surface area contributed by atoms with Crippen molar-refractivity contribution in [2.75, 3.05) is 0 Å². The molecule has 0 saturated carbocycles. The molecule has 0 unspecified atom stereocenters. The number of H-pyrrole nitrogens is 2. The van der Waals surface area contributed by atoms with Crippen LogP contribution in [0, 0.1) is 13.8 Å². The zero-order valence-electron chi connectivity index (χ0n) is 17.6. The first-order valence-electron chi connectivity index (χ1n) is 10.3. The van der Waals surface area contributed by atoms with Gasteiger partial charge >= 0.3 is 5.97 Å². The molecule has 0 aliphatic heterocycles. The van der Waals surface area contributed by atoms with Crippen LogP contribution in [0.2, 0.25) is 0 Å². The van der Waals surface area contributed by atoms with Crippen LogP contribution < -0.4 is 0 Å². The molecule has 2 heterocycles. The first-order chi connectivity index (χ1) is 15.5. The number of thioether (sulfide) groups is 1. The summed E-state index contributed by atoms with van der Waals surface area (Å²) in [6, 6.07) is 21.9. The van der Waals surface area contributed by atoms with Crippen molar-refractivity contribution in [2.24, 2.45) is 0 Å². The lowest BCUT2D eigenvalue weighted by Gasteiger charge is -2.04. The average Bonchev–Trinajstić information content (AvgIpc) is 3.35. The van der Waals surface area contributed by atoms with Gasteiger partial charge in [-0.15, -0.1) is 0 Å². The highest BCUT2D eigenvalue weighted by Crippen LogP contribution is 2.37. The van der Waals surface area contributed by atoms with Crippen LogP contribution in [-0.4, -0.2) is 26.0 Å². The van der Waals surface area contributed by atoms with Crippen molar-refractivity contribution in [3.63, 3.8) is 0 Å². The Labute approximate surface area is 189 Å². The highest BCUT2D eigenvalue weighted by Gasteiger charge is 2.18. The smallest absolute Gasteiger partial charge is 0.342 e. The number of aryl methyl sites for hydroxylation is 2. The highest BCUT2D eigenvalue weighted by molar-refractivity contribution is 8.04. The topological polar surface area (TPSA) is 81.8 Å². The molecule has 0 spiro atoms. The third kappa shape index (κ3) is 3.69. The fraction of sp³-hybridized carbons (Fsp3) is 0.0769. The van der Waals surface area contributed by atoms with Crippen molar-refractivity contribution in [3.8, 4) is 11.3 Å². The lowest BCUT2D eigenvalue weighted by atomic mass is 10.0. The third-order valence-electron chi connectivity index (χ3n) is 5.41. The molecule has 3 N–H and O–H groups in total. The summed E-state index contributed by atoms with van der Waals surface area (Å²) in [6.07, 6.45) is 1.75. The number of fused-ring (bicyclic) bond motifs is 2. The minimum absolute atomic E-state index is 0.196. The maximum absolute atomic E-state index is 12.2. The van der Waals surface area contributed by atoms with E-state index in [0.29, 0.717) is 5.16 Å². The van der Waals surface area contributed by atoms with Gasteiger partial charge in [-0.05, 0) is 61.0 Å². The van der Waals surface area contributed by atoms with Crippen LogP contribution in [0.5, 0.6) is 0 Å². The molecule has 0 bridgehead atoms. The molecule has 0 saturated heterocycles. The van der Waals surface area contributed by atoms with Gasteiger partial charge in [0.2, 0.25) is 0 Å². The van der Waals surface area contributed by atoms with Crippen molar-refractivity contribution in [3.05, 3.63) is 88.3 Å². The van der Waals surface area contributed by atoms with Gasteiger partial charge in [-0.25, -0.2) is 9.78 Å². The maximum atomic E-state index is 12.2. The lowest BCUT2D eigenvalue weighted by Crippen LogP contribution is -1.97. The van der Waals surface area contributed by atoms with Crippen LogP contribution in [0.3, 0.4) is 0 Å². The SMILES string of the molecule is Cc1cc(C)c2[nH]c(-c3ccccc3)c(/C=C(\Sc3nc4ccccc4[nH]3)C(=O)O)c2c1. The van der Waals surface area contributed by atoms with Crippen LogP contribution in [-0.2, 0) is 4.79 Å². The third-order valence-corrected chi connectivity index (χ3v) is 6.31. The van der Waals surface area contributed by atoms with Crippen molar-refractivity contribution < 1.29 is 9.90 Å². The maximum Gasteiger partial charge on any atom is 0.342 e. The van der Waals surface area contributed by atoms with E-state index in [0.717, 1.165) is 61.6 Å². The number of aromatic nitrogens is 3. The normalized spacial score (nSPS) is 12.0. The van der Waals surface area contributed by atoms with E-state index in [1.54, 1.807) is 6.08 Å². The number of nitrogens with one attached hydrogen (secondary N) is 2. The monoisotopic (exact) mass is 439 g/mol. The lowest BCUT2D eigenvalue weighted by molar-refractivity contribution is -0.131. The summed E-state index contributed by atoms with van der Waals surface area (Å²) in [5, 5.41) is 11.6. The fourth-order valence-electron chi connectivity index (χ4n) is 4.00. The number of hydrogen-bond acceptors (Lipinski definition) is 3. The number of carbonyl (C=O) groups is 1. The number of aromatic amines is 2. The van der Waals surface area contributed by atoms with E-state index in [2.05, 4.69) is 40.9 Å². The number of hydrogen-bond donors (Lipinski definition) is 3. The summed E-state index contributed by atoms with van der Waals surface area (Å²) >= 11 is 1.12. The number of carboxylic acids is 1. The Balaban J connectivity index is 1.69. The second kappa shape index (κ2) is 8.05. The van der Waals surface area contributed by atoms with E-state index in [-0.39, 0.29) is 4.91 Å². The predicted octanol–water partition coefficient (Wildman–Crippen LogP) is 6.55. The van der Waals surface area contributed by atoms with Gasteiger partial charge in [0.1, 0.15) is 4.91 Å². The summed E-state index contributed by atoms with van der Waals surface area (Å²) in [5.74, 6) is -0.992. The second-order valence-electron chi connectivity index (χ2n) is 7.76. The number of para-hydroxylation sites is 2. The van der Waals surface area contributed by atoms with Crippen LogP contribution >= 0.6 is 11.8 Å². The van der Waals surface area contributed by atoms with Crippen molar-refractivity contribution in [2.45, 2.75) is 19.0 Å². The number of benzene rings is 3. The average molecular weight is 440 g/mol. The Morgan fingerprint density at radius 1 is 1.00 bits per heavy atom. The van der Waals surface area contributed by atoms with Gasteiger partial charge < -0.3 is 15.1 Å². The fourth-order valence-corrected chi connectivity index (χ4v) is 4.78. The van der Waals surface area contributed by atoms with Gasteiger partial charge in [-0.2, -0.15) is 0 Å². The molecular weight excluding hydrogens is 418 g/mol. The van der Waals surface area contributed by atoms with E-state index >= 15 is 0 Å². The van der Waals surface area contributed by atoms with E-state index in [1.165, 1.54) is 0 Å². The molecule has 0 aliphatic carbocycles. The number of carboxylic acid groups (broad SMARTS) is 1. The predicted molar refractivity (Wildman–Crippen MR) is 131 cm³/mol. The van der Waals surface area contributed by atoms with Gasteiger partial charge in [-0.3, -0.25) is 0 Å². The zero-order valence-corrected chi connectivity index (χ0v) is 18.5. The van der Waals surface area contributed by atoms with Crippen LogP contribution in [0.25, 0.3) is 39.3 Å². The summed E-state index contributed by atoms with van der Waals surface area (Å²) in [7, 11) is 0. The molecule has 32 heavy (non-hydrogen) atoms. The van der Waals surface area contributed by atoms with Crippen molar-refractivity contribution in [1.29, 1.82) is 0 Å². The Hall–Kier alpha value is -3.77. The molecule has 158 valence electrons. The van der Waals surface area contributed by atoms with Crippen LogP contribution in [0.1, 0.15) is 16.7 Å². The molecule has 0 amide bonds. The summed E-state index contributed by atoms with van der Waals surface area (Å²) in [4.78, 5) is 23.7. The quantitative estimate of drug-likeness (QED) is 0.214. The molecular formula is C26H21N3O2S. The molecule has 0 atom stereocenters. The van der Waals surface area contributed by atoms with Gasteiger partial charge in [0.25, 0.3) is 0 Å². The second-order valence-corrected chi connectivity index (χ2v) is 8.79. The Morgan fingerprint density at radius 2 is 1.75 bits per heavy atom. The Morgan fingerprint density at radius 3 is 2.50 bits per heavy atom. The van der Waals surface area contributed by atoms with Gasteiger partial charge in [0.05, 0.1) is 16.7 Å². The van der Waals surface area contributed by atoms with Gasteiger partial charge in [-0.1, -0.05) is 54.1 Å². The molecule has 5 aromatic rings. The van der Waals surface area contributed by atoms with Crippen molar-refractivity contribution >= 4 is 45.7 Å². The van der Waals surface area contributed by atoms with E-state index in [9.17, 15) is 9.90 Å². The molecule has 0 aliphatic rings.